The molecule has 1 fully saturated rings. The van der Waals surface area contributed by atoms with Crippen molar-refractivity contribution in [2.45, 2.75) is 90.1 Å². The van der Waals surface area contributed by atoms with Crippen molar-refractivity contribution in [3.05, 3.63) is 12.2 Å². The van der Waals surface area contributed by atoms with Gasteiger partial charge in [0.2, 0.25) is 0 Å². The van der Waals surface area contributed by atoms with Gasteiger partial charge in [-0.15, -0.1) is 0 Å². The van der Waals surface area contributed by atoms with Crippen LogP contribution in [0, 0.1) is 5.41 Å². The molecule has 0 unspecified atom stereocenters. The molecule has 20 heavy (non-hydrogen) atoms. The van der Waals surface area contributed by atoms with E-state index in [0.717, 1.165) is 12.8 Å². The molecule has 0 aromatic heterocycles. The highest BCUT2D eigenvalue weighted by Crippen LogP contribution is 2.41. The van der Waals surface area contributed by atoms with Crippen LogP contribution in [0.5, 0.6) is 0 Å². The molecule has 1 aliphatic carbocycles. The number of fused-ring (bicyclic) bond motifs is 1. The number of esters is 1. The molecule has 0 spiro atoms. The second-order valence-electron chi connectivity index (χ2n) is 6.89. The summed E-state index contributed by atoms with van der Waals surface area (Å²) < 4.78 is 5.53. The molecule has 114 valence electrons. The van der Waals surface area contributed by atoms with Gasteiger partial charge in [0.1, 0.15) is 6.10 Å². The van der Waals surface area contributed by atoms with E-state index in [1.807, 2.05) is 0 Å². The van der Waals surface area contributed by atoms with Gasteiger partial charge in [0.15, 0.2) is 0 Å². The lowest BCUT2D eigenvalue weighted by molar-refractivity contribution is -0.140. The number of carbonyl (C=O) groups excluding carboxylic acids is 1. The van der Waals surface area contributed by atoms with Gasteiger partial charge in [-0.05, 0) is 25.3 Å². The van der Waals surface area contributed by atoms with Crippen LogP contribution in [0.2, 0.25) is 0 Å². The van der Waals surface area contributed by atoms with E-state index in [9.17, 15) is 4.79 Å². The van der Waals surface area contributed by atoms with Crippen LogP contribution >= 0.6 is 0 Å². The molecule has 0 radical (unpaired) electrons. The van der Waals surface area contributed by atoms with Crippen molar-refractivity contribution in [2.75, 3.05) is 0 Å². The number of rotatable bonds is 0. The maximum Gasteiger partial charge on any atom is 0.307 e. The van der Waals surface area contributed by atoms with Crippen LogP contribution in [0.25, 0.3) is 0 Å². The van der Waals surface area contributed by atoms with Gasteiger partial charge in [-0.2, -0.15) is 0 Å². The quantitative estimate of drug-likeness (QED) is 0.451. The van der Waals surface area contributed by atoms with E-state index in [1.54, 1.807) is 0 Å². The van der Waals surface area contributed by atoms with Gasteiger partial charge in [0.25, 0.3) is 0 Å². The second kappa shape index (κ2) is 7.85. The van der Waals surface area contributed by atoms with Gasteiger partial charge < -0.3 is 4.74 Å². The first-order valence-electron chi connectivity index (χ1n) is 8.57. The monoisotopic (exact) mass is 278 g/mol. The van der Waals surface area contributed by atoms with Crippen molar-refractivity contribution >= 4 is 5.97 Å². The molecule has 0 amide bonds. The molecule has 1 saturated heterocycles. The molecule has 2 nitrogen and oxygen atoms in total. The summed E-state index contributed by atoms with van der Waals surface area (Å²) in [6, 6.07) is 0. The molecule has 1 heterocycles. The van der Waals surface area contributed by atoms with Crippen molar-refractivity contribution in [3.8, 4) is 0 Å². The Morgan fingerprint density at radius 1 is 1.00 bits per heavy atom. The first-order chi connectivity index (χ1) is 9.71. The second-order valence-corrected chi connectivity index (χ2v) is 6.89. The van der Waals surface area contributed by atoms with Crippen LogP contribution in [-0.2, 0) is 9.53 Å². The predicted octanol–water partition coefficient (Wildman–Crippen LogP) is 5.17. The Morgan fingerprint density at radius 2 is 1.60 bits per heavy atom. The summed E-state index contributed by atoms with van der Waals surface area (Å²) in [7, 11) is 0. The van der Waals surface area contributed by atoms with Crippen molar-refractivity contribution in [1.29, 1.82) is 0 Å². The molecular formula is C18H30O2. The summed E-state index contributed by atoms with van der Waals surface area (Å²) in [4.78, 5) is 11.6. The average Bonchev–Trinajstić information content (AvgIpc) is 2.69. The van der Waals surface area contributed by atoms with E-state index < -0.39 is 0 Å². The molecule has 2 atom stereocenters. The van der Waals surface area contributed by atoms with E-state index in [-0.39, 0.29) is 17.5 Å². The van der Waals surface area contributed by atoms with E-state index in [0.29, 0.717) is 6.42 Å². The van der Waals surface area contributed by atoms with Crippen LogP contribution in [0.3, 0.4) is 0 Å². The fourth-order valence-electron chi connectivity index (χ4n) is 3.51. The smallest absolute Gasteiger partial charge is 0.307 e. The minimum atomic E-state index is -0.0109. The van der Waals surface area contributed by atoms with Gasteiger partial charge >= 0.3 is 5.97 Å². The molecule has 0 saturated carbocycles. The maximum atomic E-state index is 11.6. The minimum absolute atomic E-state index is 0.0109. The van der Waals surface area contributed by atoms with Crippen LogP contribution in [0.1, 0.15) is 84.0 Å². The van der Waals surface area contributed by atoms with E-state index in [4.69, 9.17) is 4.74 Å². The molecule has 2 heteroatoms. The van der Waals surface area contributed by atoms with Crippen LogP contribution in [-0.4, -0.2) is 12.1 Å². The average molecular weight is 278 g/mol. The third-order valence-corrected chi connectivity index (χ3v) is 4.92. The molecule has 0 N–H and O–H groups in total. The van der Waals surface area contributed by atoms with E-state index in [1.165, 1.54) is 57.8 Å². The van der Waals surface area contributed by atoms with E-state index in [2.05, 4.69) is 19.1 Å². The van der Waals surface area contributed by atoms with Crippen molar-refractivity contribution < 1.29 is 9.53 Å². The summed E-state index contributed by atoms with van der Waals surface area (Å²) in [6.07, 6.45) is 19.3. The maximum absolute atomic E-state index is 11.6. The normalized spacial score (nSPS) is 35.5. The molecule has 0 bridgehead atoms. The van der Waals surface area contributed by atoms with Crippen LogP contribution in [0.15, 0.2) is 12.2 Å². The van der Waals surface area contributed by atoms with Gasteiger partial charge in [0.05, 0.1) is 6.42 Å². The molecule has 1 aliphatic heterocycles. The highest BCUT2D eigenvalue weighted by Gasteiger charge is 2.43. The number of ether oxygens (including phenoxy) is 1. The Kier molecular flexibility index (Phi) is 6.12. The fraction of sp³-hybridized carbons (Fsp3) is 0.833. The largest absolute Gasteiger partial charge is 0.457 e. The predicted molar refractivity (Wildman–Crippen MR) is 82.5 cm³/mol. The van der Waals surface area contributed by atoms with Gasteiger partial charge in [-0.1, -0.05) is 64.4 Å². The Balaban J connectivity index is 1.93. The van der Waals surface area contributed by atoms with Crippen molar-refractivity contribution in [1.82, 2.24) is 0 Å². The first kappa shape index (κ1) is 15.6. The topological polar surface area (TPSA) is 26.3 Å². The van der Waals surface area contributed by atoms with E-state index >= 15 is 0 Å². The van der Waals surface area contributed by atoms with Crippen molar-refractivity contribution in [3.63, 3.8) is 0 Å². The summed E-state index contributed by atoms with van der Waals surface area (Å²) >= 11 is 0. The summed E-state index contributed by atoms with van der Waals surface area (Å²) in [5.41, 5.74) is 0.0355. The molecule has 0 aromatic carbocycles. The molecule has 2 rings (SSSR count). The zero-order chi connectivity index (χ0) is 14.3. The number of hydrogen-bond donors (Lipinski definition) is 0. The Morgan fingerprint density at radius 3 is 2.30 bits per heavy atom. The van der Waals surface area contributed by atoms with Gasteiger partial charge in [-0.25, -0.2) is 0 Å². The fourth-order valence-corrected chi connectivity index (χ4v) is 3.51. The number of allylic oxidation sites excluding steroid dienone is 1. The summed E-state index contributed by atoms with van der Waals surface area (Å²) in [5.74, 6) is -0.0109. The highest BCUT2D eigenvalue weighted by molar-refractivity contribution is 5.73. The molecule has 2 aliphatic rings. The zero-order valence-corrected chi connectivity index (χ0v) is 13.0. The Bertz CT molecular complexity index is 334. The lowest BCUT2D eigenvalue weighted by atomic mass is 9.78. The Hall–Kier alpha value is -0.790. The standard InChI is InChI=1S/C18H30O2/c1-18-14-12-10-8-6-4-2-3-5-7-9-11-13-16(18)20-17(19)15-18/h11,13,16H,2-10,12,14-15H2,1H3/b13-11-/t16-,18-/m0/s1. The SMILES string of the molecule is C[C@@]12CCCCCCCCCCC/C=C\[C@@H]1OC(=O)C2. The van der Waals surface area contributed by atoms with Gasteiger partial charge in [0, 0.05) is 5.41 Å². The Labute approximate surface area is 124 Å². The van der Waals surface area contributed by atoms with Gasteiger partial charge in [-0.3, -0.25) is 4.79 Å². The number of carbonyl (C=O) groups is 1. The lowest BCUT2D eigenvalue weighted by Crippen LogP contribution is -2.25. The summed E-state index contributed by atoms with van der Waals surface area (Å²) in [5, 5.41) is 0. The number of hydrogen-bond acceptors (Lipinski definition) is 2. The van der Waals surface area contributed by atoms with Crippen LogP contribution in [0.4, 0.5) is 0 Å². The zero-order valence-electron chi connectivity index (χ0n) is 13.0. The minimum Gasteiger partial charge on any atom is -0.457 e. The molecular weight excluding hydrogens is 248 g/mol. The van der Waals surface area contributed by atoms with Crippen LogP contribution < -0.4 is 0 Å². The lowest BCUT2D eigenvalue weighted by Gasteiger charge is -2.26. The first-order valence-corrected chi connectivity index (χ1v) is 8.57. The molecule has 0 aromatic rings. The van der Waals surface area contributed by atoms with Crippen molar-refractivity contribution in [2.24, 2.45) is 5.41 Å². The third kappa shape index (κ3) is 4.64. The third-order valence-electron chi connectivity index (χ3n) is 4.92. The summed E-state index contributed by atoms with van der Waals surface area (Å²) in [6.45, 7) is 2.23. The highest BCUT2D eigenvalue weighted by atomic mass is 16.6.